The van der Waals surface area contributed by atoms with Gasteiger partial charge in [-0.1, -0.05) is 6.07 Å². The third-order valence-electron chi connectivity index (χ3n) is 4.15. The van der Waals surface area contributed by atoms with Crippen LogP contribution in [0.15, 0.2) is 18.2 Å². The Hall–Kier alpha value is -0.970. The molecule has 1 saturated heterocycles. The van der Waals surface area contributed by atoms with Gasteiger partial charge in [-0.2, -0.15) is 0 Å². The molecule has 0 N–H and O–H groups in total. The summed E-state index contributed by atoms with van der Waals surface area (Å²) in [5, 5.41) is -0.00874. The molecular weight excluding hydrogens is 288 g/mol. The van der Waals surface area contributed by atoms with Crippen molar-refractivity contribution < 1.29 is 9.47 Å². The topological polar surface area (TPSA) is 24.9 Å². The van der Waals surface area contributed by atoms with Crippen molar-refractivity contribution in [3.05, 3.63) is 23.8 Å². The molecule has 1 aromatic carbocycles. The van der Waals surface area contributed by atoms with Gasteiger partial charge in [-0.05, 0) is 24.7 Å². The predicted molar refractivity (Wildman–Crippen MR) is 84.6 cm³/mol. The lowest BCUT2D eigenvalue weighted by atomic mass is 10.1. The van der Waals surface area contributed by atoms with Crippen molar-refractivity contribution >= 4 is 11.6 Å². The summed E-state index contributed by atoms with van der Waals surface area (Å²) < 4.78 is 11.4. The quantitative estimate of drug-likeness (QED) is 0.800. The van der Waals surface area contributed by atoms with Crippen LogP contribution in [0.5, 0.6) is 11.5 Å². The lowest BCUT2D eigenvalue weighted by molar-refractivity contribution is 0.154. The third kappa shape index (κ3) is 3.82. The molecule has 116 valence electrons. The number of hydrogen-bond acceptors (Lipinski definition) is 4. The molecule has 1 aromatic rings. The number of ether oxygens (including phenoxy) is 2. The van der Waals surface area contributed by atoms with E-state index in [1.165, 1.54) is 0 Å². The highest BCUT2D eigenvalue weighted by molar-refractivity contribution is 6.21. The Kier molecular flexibility index (Phi) is 4.88. The molecule has 2 aliphatic rings. The molecule has 0 aromatic heterocycles. The highest BCUT2D eigenvalue weighted by Gasteiger charge is 2.20. The van der Waals surface area contributed by atoms with E-state index in [4.69, 9.17) is 21.1 Å². The second-order valence-corrected chi connectivity index (χ2v) is 6.35. The standard InChI is InChI=1S/C16H23ClN2O2/c1-18-5-7-19(8-6-18)12-14(17)13-3-4-15-16(11-13)21-10-2-9-20-15/h3-4,11,14H,2,5-10,12H2,1H3. The van der Waals surface area contributed by atoms with Gasteiger partial charge in [0.1, 0.15) is 0 Å². The Morgan fingerprint density at radius 3 is 2.57 bits per heavy atom. The maximum atomic E-state index is 6.61. The fourth-order valence-electron chi connectivity index (χ4n) is 2.74. The van der Waals surface area contributed by atoms with Crippen LogP contribution in [0.2, 0.25) is 0 Å². The molecule has 1 fully saturated rings. The molecule has 0 aliphatic carbocycles. The number of halogens is 1. The van der Waals surface area contributed by atoms with E-state index < -0.39 is 0 Å². The second kappa shape index (κ2) is 6.86. The van der Waals surface area contributed by atoms with Crippen LogP contribution in [-0.4, -0.2) is 62.8 Å². The molecule has 21 heavy (non-hydrogen) atoms. The summed E-state index contributed by atoms with van der Waals surface area (Å²) in [5.74, 6) is 1.66. The first kappa shape index (κ1) is 14.9. The van der Waals surface area contributed by atoms with E-state index >= 15 is 0 Å². The number of hydrogen-bond donors (Lipinski definition) is 0. The van der Waals surface area contributed by atoms with Crippen LogP contribution in [0.1, 0.15) is 17.4 Å². The van der Waals surface area contributed by atoms with Crippen LogP contribution in [0.25, 0.3) is 0 Å². The fraction of sp³-hybridized carbons (Fsp3) is 0.625. The van der Waals surface area contributed by atoms with Crippen LogP contribution < -0.4 is 9.47 Å². The van der Waals surface area contributed by atoms with Gasteiger partial charge in [0, 0.05) is 39.1 Å². The molecule has 0 spiro atoms. The predicted octanol–water partition coefficient (Wildman–Crippen LogP) is 2.38. The molecule has 0 radical (unpaired) electrons. The smallest absolute Gasteiger partial charge is 0.161 e. The summed E-state index contributed by atoms with van der Waals surface area (Å²) in [4.78, 5) is 4.79. The van der Waals surface area contributed by atoms with E-state index in [2.05, 4.69) is 22.9 Å². The van der Waals surface area contributed by atoms with Crippen molar-refractivity contribution in [1.29, 1.82) is 0 Å². The van der Waals surface area contributed by atoms with Crippen molar-refractivity contribution in [1.82, 2.24) is 9.80 Å². The number of fused-ring (bicyclic) bond motifs is 1. The van der Waals surface area contributed by atoms with Gasteiger partial charge in [0.05, 0.1) is 18.6 Å². The zero-order valence-corrected chi connectivity index (χ0v) is 13.3. The van der Waals surface area contributed by atoms with Gasteiger partial charge < -0.3 is 14.4 Å². The molecule has 1 atom stereocenters. The van der Waals surface area contributed by atoms with Gasteiger partial charge in [0.2, 0.25) is 0 Å². The van der Waals surface area contributed by atoms with Crippen LogP contribution in [-0.2, 0) is 0 Å². The van der Waals surface area contributed by atoms with Gasteiger partial charge in [0.15, 0.2) is 11.5 Å². The van der Waals surface area contributed by atoms with Crippen molar-refractivity contribution in [3.63, 3.8) is 0 Å². The number of piperazine rings is 1. The zero-order valence-electron chi connectivity index (χ0n) is 12.6. The van der Waals surface area contributed by atoms with Crippen molar-refractivity contribution in [3.8, 4) is 11.5 Å². The van der Waals surface area contributed by atoms with E-state index in [1.807, 2.05) is 12.1 Å². The zero-order chi connectivity index (χ0) is 14.7. The number of likely N-dealkylation sites (N-methyl/N-ethyl adjacent to an activating group) is 1. The molecule has 0 saturated carbocycles. The summed E-state index contributed by atoms with van der Waals surface area (Å²) >= 11 is 6.61. The largest absolute Gasteiger partial charge is 0.490 e. The number of alkyl halides is 1. The van der Waals surface area contributed by atoms with Gasteiger partial charge in [0.25, 0.3) is 0 Å². The van der Waals surface area contributed by atoms with Crippen LogP contribution in [0.3, 0.4) is 0 Å². The maximum absolute atomic E-state index is 6.61. The van der Waals surface area contributed by atoms with E-state index in [0.717, 1.165) is 62.8 Å². The molecule has 1 unspecified atom stereocenters. The van der Waals surface area contributed by atoms with E-state index in [9.17, 15) is 0 Å². The van der Waals surface area contributed by atoms with E-state index in [0.29, 0.717) is 6.61 Å². The van der Waals surface area contributed by atoms with Crippen LogP contribution in [0.4, 0.5) is 0 Å². The summed E-state index contributed by atoms with van der Waals surface area (Å²) in [7, 11) is 2.17. The summed E-state index contributed by atoms with van der Waals surface area (Å²) in [6.45, 7) is 6.72. The van der Waals surface area contributed by atoms with E-state index in [-0.39, 0.29) is 5.38 Å². The van der Waals surface area contributed by atoms with Gasteiger partial charge in [-0.3, -0.25) is 4.90 Å². The minimum Gasteiger partial charge on any atom is -0.490 e. The molecule has 0 amide bonds. The van der Waals surface area contributed by atoms with Gasteiger partial charge in [-0.15, -0.1) is 11.6 Å². The Labute approximate surface area is 131 Å². The summed E-state index contributed by atoms with van der Waals surface area (Å²) in [6.07, 6.45) is 0.926. The molecular formula is C16H23ClN2O2. The first-order valence-electron chi connectivity index (χ1n) is 7.67. The fourth-order valence-corrected chi connectivity index (χ4v) is 3.07. The molecule has 5 heteroatoms. The van der Waals surface area contributed by atoms with Crippen molar-refractivity contribution in [2.45, 2.75) is 11.8 Å². The maximum Gasteiger partial charge on any atom is 0.161 e. The van der Waals surface area contributed by atoms with Gasteiger partial charge in [-0.25, -0.2) is 0 Å². The lowest BCUT2D eigenvalue weighted by Crippen LogP contribution is -2.45. The second-order valence-electron chi connectivity index (χ2n) is 5.83. The Morgan fingerprint density at radius 2 is 1.81 bits per heavy atom. The normalized spacial score (nSPS) is 21.8. The Bertz CT molecular complexity index is 475. The number of nitrogens with zero attached hydrogens (tertiary/aromatic N) is 2. The monoisotopic (exact) mass is 310 g/mol. The lowest BCUT2D eigenvalue weighted by Gasteiger charge is -2.33. The molecule has 2 aliphatic heterocycles. The number of rotatable bonds is 3. The Balaban J connectivity index is 1.64. The van der Waals surface area contributed by atoms with Crippen molar-refractivity contribution in [2.75, 3.05) is 53.0 Å². The van der Waals surface area contributed by atoms with Crippen molar-refractivity contribution in [2.24, 2.45) is 0 Å². The van der Waals surface area contributed by atoms with Crippen LogP contribution in [0, 0.1) is 0 Å². The molecule has 4 nitrogen and oxygen atoms in total. The summed E-state index contributed by atoms with van der Waals surface area (Å²) in [6, 6.07) is 6.07. The summed E-state index contributed by atoms with van der Waals surface area (Å²) in [5.41, 5.74) is 1.11. The highest BCUT2D eigenvalue weighted by atomic mass is 35.5. The average Bonchev–Trinajstić information content (AvgIpc) is 2.74. The molecule has 0 bridgehead atoms. The minimum atomic E-state index is -0.00874. The average molecular weight is 311 g/mol. The SMILES string of the molecule is CN1CCN(CC(Cl)c2ccc3c(c2)OCCCO3)CC1. The third-order valence-corrected chi connectivity index (χ3v) is 4.54. The van der Waals surface area contributed by atoms with Gasteiger partial charge >= 0.3 is 0 Å². The van der Waals surface area contributed by atoms with E-state index in [1.54, 1.807) is 0 Å². The highest BCUT2D eigenvalue weighted by Crippen LogP contribution is 2.34. The minimum absolute atomic E-state index is 0.00874. The number of benzene rings is 1. The molecule has 2 heterocycles. The first-order valence-corrected chi connectivity index (χ1v) is 8.10. The Morgan fingerprint density at radius 1 is 1.10 bits per heavy atom. The first-order chi connectivity index (χ1) is 10.2. The molecule has 3 rings (SSSR count). The van der Waals surface area contributed by atoms with Crippen LogP contribution >= 0.6 is 11.6 Å².